The van der Waals surface area contributed by atoms with Crippen LogP contribution in [0.2, 0.25) is 20.1 Å². The van der Waals surface area contributed by atoms with Gasteiger partial charge in [0.25, 0.3) is 0 Å². The number of benzene rings is 4. The van der Waals surface area contributed by atoms with Gasteiger partial charge in [-0.3, -0.25) is 0 Å². The van der Waals surface area contributed by atoms with Crippen molar-refractivity contribution < 1.29 is 44.9 Å². The molecule has 0 N–H and O–H groups in total. The van der Waals surface area contributed by atoms with Gasteiger partial charge in [0.05, 0.1) is 0 Å². The molecule has 4 aromatic carbocycles. The van der Waals surface area contributed by atoms with Gasteiger partial charge in [0.2, 0.25) is 0 Å². The topological polar surface area (TPSA) is 17.1 Å². The molecule has 0 unspecified atom stereocenters. The molecule has 1 nitrogen and oxygen atoms in total. The number of hydrogen-bond acceptors (Lipinski definition) is 5. The number of rotatable bonds is 8. The zero-order valence-electron chi connectivity index (χ0n) is 21.8. The second kappa shape index (κ2) is 2.54. The Hall–Kier alpha value is -1.02. The molecule has 0 aliphatic heterocycles. The van der Waals surface area contributed by atoms with E-state index in [1.807, 2.05) is 0 Å². The monoisotopic (exact) mass is 867 g/mol. The number of hydrogen-bond donors (Lipinski definition) is 0. The van der Waals surface area contributed by atoms with Gasteiger partial charge >= 0.3 is 268 Å². The molecule has 0 aliphatic rings. The zero-order chi connectivity index (χ0) is 36.0. The van der Waals surface area contributed by atoms with E-state index in [1.54, 1.807) is 0 Å². The van der Waals surface area contributed by atoms with E-state index in [0.29, 0.717) is 24.3 Å². The normalized spacial score (nSPS) is 33.2. The average Bonchev–Trinajstić information content (AvgIpc) is 2.79. The molecule has 0 saturated heterocycles. The summed E-state index contributed by atoms with van der Waals surface area (Å²) >= 11 is 21.1. The van der Waals surface area contributed by atoms with Crippen LogP contribution in [0, 0.1) is 0 Å². The SMILES string of the molecule is [O]=[V]([F])([F])([F])([F])([F])([F])([F])([F])([F])([F])([F])([F])([S]c1ccccc1Cl)([S]c1ccccc1Cl)([S]c1ccccc1Cl)[S]c1ccccc1Cl. The van der Waals surface area contributed by atoms with Crippen LogP contribution in [0.4, 0.5) is 40.9 Å². The van der Waals surface area contributed by atoms with Crippen LogP contribution in [0.5, 0.6) is 0 Å². The Balaban J connectivity index is 2.99. The summed E-state index contributed by atoms with van der Waals surface area (Å²) in [5.74, 6) is 0. The van der Waals surface area contributed by atoms with Gasteiger partial charge in [0.1, 0.15) is 0 Å². The molecule has 0 saturated carbocycles. The van der Waals surface area contributed by atoms with Crippen LogP contribution in [0.25, 0.3) is 0 Å². The summed E-state index contributed by atoms with van der Waals surface area (Å²) in [6.45, 7) is 0. The molecular formula is C24H16Cl4F12OS4V. The Bertz CT molecular complexity index is 2890. The van der Waals surface area contributed by atoms with Crippen LogP contribution >= 0.6 is 86.1 Å². The fourth-order valence-electron chi connectivity index (χ4n) is 4.61. The van der Waals surface area contributed by atoms with E-state index in [-0.39, 0.29) is 48.5 Å². The van der Waals surface area contributed by atoms with Crippen molar-refractivity contribution in [2.45, 2.75) is 19.6 Å². The van der Waals surface area contributed by atoms with E-state index in [4.69, 9.17) is 46.4 Å². The van der Waals surface area contributed by atoms with Crippen LogP contribution in [-0.4, -0.2) is 0 Å². The standard InChI is InChI=1S/4C6H5ClS.12FH.O.V/c4*7-5-3-1-2-4-6(5)8;;;;;;;;;;;;;;/h4*1-4,8H;12*1H;;/q;;;;;;;;;;;;;;;;;+16/p-16. The summed E-state index contributed by atoms with van der Waals surface area (Å²) in [6.07, 6.45) is 0. The zero-order valence-corrected chi connectivity index (χ0v) is 29.5. The molecule has 0 fully saturated rings. The summed E-state index contributed by atoms with van der Waals surface area (Å²) in [4.78, 5) is -16.0. The van der Waals surface area contributed by atoms with Gasteiger partial charge in [-0.15, -0.1) is 0 Å². The minimum absolute atomic E-state index is 0.109. The third-order valence-electron chi connectivity index (χ3n) is 5.99. The summed E-state index contributed by atoms with van der Waals surface area (Å²) in [5, 5.41) is -9.99. The van der Waals surface area contributed by atoms with Crippen molar-refractivity contribution in [2.75, 3.05) is 0 Å². The van der Waals surface area contributed by atoms with E-state index in [9.17, 15) is 3.67 Å². The molecule has 0 heterocycles. The Morgan fingerprint density at radius 2 is 0.500 bits per heavy atom. The van der Waals surface area contributed by atoms with Crippen LogP contribution < -0.4 is 0 Å². The first-order chi connectivity index (χ1) is 18.4. The molecule has 0 amide bonds. The average molecular weight is 869 g/mol. The van der Waals surface area contributed by atoms with E-state index < -0.39 is 104 Å². The number of halogens is 16. The Kier molecular flexibility index (Phi) is 2.08. The molecule has 0 atom stereocenters. The van der Waals surface area contributed by atoms with Gasteiger partial charge in [-0.25, -0.2) is 0 Å². The van der Waals surface area contributed by atoms with Gasteiger partial charge in [0.15, 0.2) is 0 Å². The summed E-state index contributed by atoms with van der Waals surface area (Å²) in [6, 6.07) is -3.62. The molecular weight excluding hydrogens is 853 g/mol. The molecule has 0 radical (unpaired) electrons. The van der Waals surface area contributed by atoms with Gasteiger partial charge in [0, 0.05) is 0 Å². The van der Waals surface area contributed by atoms with Crippen LogP contribution in [0.1, 0.15) is 0 Å². The first-order valence-corrected chi connectivity index (χ1v) is 30.2. The molecule has 22 heteroatoms. The molecule has 4 rings (SSSR count). The maximum absolute atomic E-state index is 29.9. The molecule has 4 aromatic rings. The van der Waals surface area contributed by atoms with Gasteiger partial charge in [-0.2, -0.15) is 0 Å². The first kappa shape index (κ1) is 37.8. The molecule has 0 aromatic heterocycles. The van der Waals surface area contributed by atoms with Gasteiger partial charge < -0.3 is 0 Å². The van der Waals surface area contributed by atoms with Crippen LogP contribution in [0.3, 0.4) is 0 Å². The Morgan fingerprint density at radius 3 is 0.652 bits per heavy atom. The Morgan fingerprint density at radius 1 is 0.348 bits per heavy atom. The van der Waals surface area contributed by atoms with E-state index in [0.717, 1.165) is 0 Å². The third-order valence-corrected chi connectivity index (χ3v) is 50.3. The second-order valence-corrected chi connectivity index (χ2v) is 95.7. The van der Waals surface area contributed by atoms with Crippen molar-refractivity contribution in [2.24, 2.45) is 0 Å². The molecule has 46 heavy (non-hydrogen) atoms. The first-order valence-electron chi connectivity index (χ1n) is 11.8. The summed E-state index contributed by atoms with van der Waals surface area (Å²) in [5.41, 5.74) is 0. The van der Waals surface area contributed by atoms with Crippen molar-refractivity contribution in [3.63, 3.8) is 0 Å². The second-order valence-electron chi connectivity index (χ2n) is 15.2. The quantitative estimate of drug-likeness (QED) is 0.164. The Labute approximate surface area is 265 Å². The maximum atomic E-state index is 18.6. The van der Waals surface area contributed by atoms with E-state index in [2.05, 4.69) is 0 Å². The summed E-state index contributed by atoms with van der Waals surface area (Å²) in [7, 11) is -27.4. The summed E-state index contributed by atoms with van der Waals surface area (Å²) < 4.78 is 208. The van der Waals surface area contributed by atoms with Crippen molar-refractivity contribution >= 4 is 86.1 Å². The van der Waals surface area contributed by atoms with Crippen molar-refractivity contribution in [1.29, 1.82) is 0 Å². The van der Waals surface area contributed by atoms with Crippen LogP contribution in [-0.2, 0) is 4.01 Å². The third kappa shape index (κ3) is 5.73. The molecule has 259 valence electrons. The van der Waals surface area contributed by atoms with Crippen molar-refractivity contribution in [3.05, 3.63) is 117 Å². The van der Waals surface area contributed by atoms with Gasteiger partial charge in [-0.05, 0) is 0 Å². The minimum atomic E-state index is -29.9. The van der Waals surface area contributed by atoms with Crippen molar-refractivity contribution in [3.8, 4) is 0 Å². The molecule has 0 aliphatic carbocycles. The molecule has 0 spiro atoms. The predicted molar refractivity (Wildman–Crippen MR) is 163 cm³/mol. The fraction of sp³-hybridized carbons (Fsp3) is 0. The predicted octanol–water partition coefficient (Wildman–Crippen LogP) is 16.5. The van der Waals surface area contributed by atoms with E-state index in [1.165, 1.54) is 0 Å². The van der Waals surface area contributed by atoms with Crippen LogP contribution in [0.15, 0.2) is 117 Å². The van der Waals surface area contributed by atoms with E-state index >= 15 is 40.9 Å². The van der Waals surface area contributed by atoms with Crippen molar-refractivity contribution in [1.82, 2.24) is 0 Å². The van der Waals surface area contributed by atoms with Gasteiger partial charge in [-0.1, -0.05) is 0 Å². The molecule has 0 bridgehead atoms. The fourth-order valence-corrected chi connectivity index (χ4v) is 54.4.